The molecule has 0 saturated heterocycles. The number of carbonyl (C=O) groups excluding carboxylic acids is 1. The molecular weight excluding hydrogens is 486 g/mol. The second-order valence-electron chi connectivity index (χ2n) is 6.23. The largest absolute Gasteiger partial charge is 0.378 e. The fourth-order valence-corrected chi connectivity index (χ4v) is 2.95. The average Bonchev–Trinajstić information content (AvgIpc) is 3.41. The van der Waals surface area contributed by atoms with E-state index in [0.717, 1.165) is 14.7 Å². The van der Waals surface area contributed by atoms with Gasteiger partial charge in [0.2, 0.25) is 11.6 Å². The number of hydrazone groups is 1. The molecule has 2 heterocycles. The van der Waals surface area contributed by atoms with Gasteiger partial charge in [-0.15, -0.1) is 5.10 Å². The molecule has 1 amide bonds. The number of halogens is 1. The normalized spacial score (nSPS) is 11.0. The molecule has 0 saturated carbocycles. The fraction of sp³-hybridized carbons (Fsp3) is 0. The summed E-state index contributed by atoms with van der Waals surface area (Å²) in [4.78, 5) is 23.2. The number of amides is 1. The van der Waals surface area contributed by atoms with E-state index in [4.69, 9.17) is 5.73 Å². The molecule has 2 aromatic heterocycles. The summed E-state index contributed by atoms with van der Waals surface area (Å²) in [5.74, 6) is -0.755. The summed E-state index contributed by atoms with van der Waals surface area (Å²) in [5, 5.41) is 29.9. The third kappa shape index (κ3) is 4.20. The minimum atomic E-state index is -0.673. The number of hydrogen-bond acceptors (Lipinski definition) is 10. The molecule has 13 nitrogen and oxygen atoms in total. The van der Waals surface area contributed by atoms with Gasteiger partial charge in [-0.2, -0.15) is 9.78 Å². The third-order valence-corrected chi connectivity index (χ3v) is 4.71. The van der Waals surface area contributed by atoms with Crippen molar-refractivity contribution < 1.29 is 14.3 Å². The topological polar surface area (TPSA) is 180 Å². The number of anilines is 1. The lowest BCUT2D eigenvalue weighted by molar-refractivity contribution is -0.384. The maximum Gasteiger partial charge on any atom is 0.294 e. The van der Waals surface area contributed by atoms with Crippen LogP contribution in [0, 0.1) is 10.1 Å². The molecule has 0 atom stereocenters. The quantitative estimate of drug-likeness (QED) is 0.229. The number of non-ortho nitro benzene ring substituents is 1. The van der Waals surface area contributed by atoms with Gasteiger partial charge in [0.05, 0.1) is 11.1 Å². The van der Waals surface area contributed by atoms with Crippen LogP contribution in [0.25, 0.3) is 17.1 Å². The van der Waals surface area contributed by atoms with Crippen LogP contribution < -0.4 is 11.2 Å². The SMILES string of the molecule is Nc1nonc1-n1nnc(C(=O)N/N=C\c2ccc(Br)cc2)c1-c1ccc([N+](=O)[O-])cc1. The van der Waals surface area contributed by atoms with Crippen molar-refractivity contribution in [3.8, 4) is 17.1 Å². The van der Waals surface area contributed by atoms with E-state index >= 15 is 0 Å². The summed E-state index contributed by atoms with van der Waals surface area (Å²) < 4.78 is 6.66. The highest BCUT2D eigenvalue weighted by Gasteiger charge is 2.25. The van der Waals surface area contributed by atoms with Gasteiger partial charge in [0.25, 0.3) is 11.6 Å². The first-order chi connectivity index (χ1) is 15.4. The Bertz CT molecular complexity index is 1310. The minimum absolute atomic E-state index is 0.00302. The Morgan fingerprint density at radius 3 is 2.53 bits per heavy atom. The van der Waals surface area contributed by atoms with E-state index in [2.05, 4.69) is 51.7 Å². The predicted octanol–water partition coefficient (Wildman–Crippen LogP) is 2.33. The van der Waals surface area contributed by atoms with Gasteiger partial charge in [-0.1, -0.05) is 33.3 Å². The Labute approximate surface area is 187 Å². The first kappa shape index (κ1) is 20.8. The fourth-order valence-electron chi connectivity index (χ4n) is 2.69. The maximum absolute atomic E-state index is 12.8. The molecule has 32 heavy (non-hydrogen) atoms. The Morgan fingerprint density at radius 1 is 1.19 bits per heavy atom. The van der Waals surface area contributed by atoms with E-state index in [9.17, 15) is 14.9 Å². The molecule has 4 rings (SSSR count). The highest BCUT2D eigenvalue weighted by Crippen LogP contribution is 2.28. The molecule has 0 fully saturated rings. The Hall–Kier alpha value is -4.46. The van der Waals surface area contributed by atoms with Crippen molar-refractivity contribution >= 4 is 39.6 Å². The number of nitrogens with zero attached hydrogens (tertiary/aromatic N) is 7. The molecule has 14 heteroatoms. The number of nitro benzene ring substituents is 1. The molecule has 0 aliphatic carbocycles. The van der Waals surface area contributed by atoms with E-state index in [1.165, 1.54) is 30.5 Å². The molecule has 2 aromatic carbocycles. The van der Waals surface area contributed by atoms with E-state index in [-0.39, 0.29) is 28.7 Å². The van der Waals surface area contributed by atoms with Crippen LogP contribution >= 0.6 is 15.9 Å². The number of benzene rings is 2. The van der Waals surface area contributed by atoms with Crippen molar-refractivity contribution in [3.05, 3.63) is 74.4 Å². The Balaban J connectivity index is 1.69. The van der Waals surface area contributed by atoms with E-state index in [1.807, 2.05) is 12.1 Å². The van der Waals surface area contributed by atoms with Crippen LogP contribution in [0.3, 0.4) is 0 Å². The number of nitro groups is 1. The number of hydrogen-bond donors (Lipinski definition) is 2. The molecule has 0 spiro atoms. The summed E-state index contributed by atoms with van der Waals surface area (Å²) >= 11 is 3.34. The highest BCUT2D eigenvalue weighted by atomic mass is 79.9. The van der Waals surface area contributed by atoms with Crippen LogP contribution in [-0.2, 0) is 0 Å². The van der Waals surface area contributed by atoms with Crippen LogP contribution in [0.15, 0.2) is 62.7 Å². The number of nitrogens with two attached hydrogens (primary N) is 1. The molecule has 0 bridgehead atoms. The number of aromatic nitrogens is 5. The van der Waals surface area contributed by atoms with Crippen LogP contribution in [0.2, 0.25) is 0 Å². The summed E-state index contributed by atoms with van der Waals surface area (Å²) in [6.07, 6.45) is 1.46. The zero-order valence-corrected chi connectivity index (χ0v) is 17.5. The monoisotopic (exact) mass is 497 g/mol. The molecule has 0 unspecified atom stereocenters. The molecule has 4 aromatic rings. The molecule has 0 aliphatic rings. The lowest BCUT2D eigenvalue weighted by Crippen LogP contribution is -2.19. The predicted molar refractivity (Wildman–Crippen MR) is 115 cm³/mol. The van der Waals surface area contributed by atoms with Crippen LogP contribution in [0.4, 0.5) is 11.5 Å². The van der Waals surface area contributed by atoms with Crippen molar-refractivity contribution in [2.45, 2.75) is 0 Å². The van der Waals surface area contributed by atoms with Gasteiger partial charge in [0.15, 0.2) is 5.69 Å². The van der Waals surface area contributed by atoms with Gasteiger partial charge >= 0.3 is 0 Å². The molecule has 160 valence electrons. The van der Waals surface area contributed by atoms with Gasteiger partial charge in [0.1, 0.15) is 5.69 Å². The molecule has 0 radical (unpaired) electrons. The summed E-state index contributed by atoms with van der Waals surface area (Å²) in [6, 6.07) is 12.7. The van der Waals surface area contributed by atoms with Gasteiger partial charge in [-0.05, 0) is 40.1 Å². The maximum atomic E-state index is 12.8. The summed E-state index contributed by atoms with van der Waals surface area (Å²) in [7, 11) is 0. The first-order valence-corrected chi connectivity index (χ1v) is 9.61. The highest BCUT2D eigenvalue weighted by molar-refractivity contribution is 9.10. The third-order valence-electron chi connectivity index (χ3n) is 4.18. The second-order valence-corrected chi connectivity index (χ2v) is 7.14. The van der Waals surface area contributed by atoms with Crippen LogP contribution in [0.1, 0.15) is 16.1 Å². The van der Waals surface area contributed by atoms with Crippen LogP contribution in [-0.4, -0.2) is 42.4 Å². The van der Waals surface area contributed by atoms with Crippen molar-refractivity contribution in [2.24, 2.45) is 5.10 Å². The lowest BCUT2D eigenvalue weighted by Gasteiger charge is -2.05. The Kier molecular flexibility index (Phi) is 5.67. The number of rotatable bonds is 6. The molecule has 0 aliphatic heterocycles. The zero-order valence-electron chi connectivity index (χ0n) is 15.9. The minimum Gasteiger partial charge on any atom is -0.378 e. The van der Waals surface area contributed by atoms with E-state index in [1.54, 1.807) is 12.1 Å². The molecular formula is C18H12BrN9O4. The van der Waals surface area contributed by atoms with Crippen molar-refractivity contribution in [1.82, 2.24) is 30.7 Å². The van der Waals surface area contributed by atoms with Gasteiger partial charge in [0, 0.05) is 22.2 Å². The smallest absolute Gasteiger partial charge is 0.294 e. The van der Waals surface area contributed by atoms with Crippen LogP contribution in [0.5, 0.6) is 0 Å². The summed E-state index contributed by atoms with van der Waals surface area (Å²) in [6.45, 7) is 0. The second kappa shape index (κ2) is 8.73. The number of carbonyl (C=O) groups is 1. The lowest BCUT2D eigenvalue weighted by atomic mass is 10.1. The summed E-state index contributed by atoms with van der Waals surface area (Å²) in [5.41, 5.74) is 9.21. The van der Waals surface area contributed by atoms with E-state index < -0.39 is 10.8 Å². The zero-order chi connectivity index (χ0) is 22.7. The molecule has 3 N–H and O–H groups in total. The Morgan fingerprint density at radius 2 is 1.91 bits per heavy atom. The first-order valence-electron chi connectivity index (χ1n) is 8.82. The van der Waals surface area contributed by atoms with Crippen molar-refractivity contribution in [2.75, 3.05) is 5.73 Å². The van der Waals surface area contributed by atoms with Gasteiger partial charge in [-0.25, -0.2) is 10.1 Å². The number of nitrogen functional groups attached to an aromatic ring is 1. The standard InChI is InChI=1S/C18H12BrN9O4/c19-12-5-1-10(2-6-12)9-21-23-18(29)14-15(11-3-7-13(8-4-11)28(30)31)27(26-22-14)17-16(20)24-32-25-17/h1-9H,(H2,20,24)(H,23,29)/b21-9-. The van der Waals surface area contributed by atoms with Crippen molar-refractivity contribution in [3.63, 3.8) is 0 Å². The van der Waals surface area contributed by atoms with Gasteiger partial charge in [-0.3, -0.25) is 14.9 Å². The van der Waals surface area contributed by atoms with Gasteiger partial charge < -0.3 is 5.73 Å². The van der Waals surface area contributed by atoms with Crippen molar-refractivity contribution in [1.29, 1.82) is 0 Å². The average molecular weight is 498 g/mol. The van der Waals surface area contributed by atoms with E-state index in [0.29, 0.717) is 5.56 Å². The number of nitrogens with one attached hydrogen (secondary N) is 1.